The van der Waals surface area contributed by atoms with Gasteiger partial charge in [0.2, 0.25) is 0 Å². The van der Waals surface area contributed by atoms with Crippen molar-refractivity contribution in [1.29, 1.82) is 0 Å². The van der Waals surface area contributed by atoms with E-state index in [0.29, 0.717) is 6.54 Å². The third-order valence-electron chi connectivity index (χ3n) is 2.13. The molecule has 1 heterocycles. The number of nitrogens with zero attached hydrogens (tertiary/aromatic N) is 1. The Hall–Kier alpha value is -0.930. The summed E-state index contributed by atoms with van der Waals surface area (Å²) in [6.07, 6.45) is 0.831. The van der Waals surface area contributed by atoms with E-state index in [9.17, 15) is 0 Å². The number of halogens is 1. The van der Waals surface area contributed by atoms with E-state index in [1.165, 1.54) is 0 Å². The van der Waals surface area contributed by atoms with E-state index in [0.717, 1.165) is 27.5 Å². The van der Waals surface area contributed by atoms with Gasteiger partial charge in [-0.15, -0.1) is 0 Å². The molecule has 0 spiro atoms. The second-order valence-electron chi connectivity index (χ2n) is 3.15. The minimum absolute atomic E-state index is 0.642. The number of hydrogen-bond donors (Lipinski definition) is 1. The van der Waals surface area contributed by atoms with Crippen molar-refractivity contribution in [2.24, 2.45) is 5.73 Å². The molecule has 2 N–H and O–H groups in total. The highest BCUT2D eigenvalue weighted by molar-refractivity contribution is 9.10. The summed E-state index contributed by atoms with van der Waals surface area (Å²) < 4.78 is 1.04. The number of aromatic nitrogens is 1. The van der Waals surface area contributed by atoms with Crippen molar-refractivity contribution < 1.29 is 0 Å². The first-order valence-corrected chi connectivity index (χ1v) is 5.35. The lowest BCUT2D eigenvalue weighted by Crippen LogP contribution is -2.04. The van der Waals surface area contributed by atoms with Crippen LogP contribution in [0.1, 0.15) is 5.69 Å². The van der Waals surface area contributed by atoms with E-state index in [-0.39, 0.29) is 0 Å². The second kappa shape index (κ2) is 4.07. The molecule has 2 aromatic rings. The first-order valence-electron chi connectivity index (χ1n) is 4.55. The molecule has 1 aromatic heterocycles. The van der Waals surface area contributed by atoms with Crippen LogP contribution in [-0.2, 0) is 6.42 Å². The number of rotatable bonds is 2. The third kappa shape index (κ3) is 1.79. The topological polar surface area (TPSA) is 38.9 Å². The Labute approximate surface area is 91.3 Å². The first kappa shape index (κ1) is 9.62. The summed E-state index contributed by atoms with van der Waals surface area (Å²) in [6, 6.07) is 10.2. The van der Waals surface area contributed by atoms with Crippen LogP contribution in [0, 0.1) is 0 Å². The van der Waals surface area contributed by atoms with Crippen LogP contribution >= 0.6 is 15.9 Å². The molecule has 0 aliphatic heterocycles. The molecule has 2 rings (SSSR count). The first-order chi connectivity index (χ1) is 6.81. The van der Waals surface area contributed by atoms with Gasteiger partial charge in [-0.1, -0.05) is 18.2 Å². The molecule has 0 atom stereocenters. The highest BCUT2D eigenvalue weighted by atomic mass is 79.9. The highest BCUT2D eigenvalue weighted by Crippen LogP contribution is 2.21. The van der Waals surface area contributed by atoms with Gasteiger partial charge in [0, 0.05) is 22.0 Å². The summed E-state index contributed by atoms with van der Waals surface area (Å²) in [5.41, 5.74) is 7.55. The Morgan fingerprint density at radius 3 is 2.86 bits per heavy atom. The lowest BCUT2D eigenvalue weighted by atomic mass is 10.2. The van der Waals surface area contributed by atoms with Gasteiger partial charge >= 0.3 is 0 Å². The Morgan fingerprint density at radius 2 is 2.07 bits per heavy atom. The standard InChI is InChI=1S/C11H11BrN2/c12-10-3-1-2-8-4-5-9(6-7-13)14-11(8)10/h1-5H,6-7,13H2. The van der Waals surface area contributed by atoms with Gasteiger partial charge in [0.15, 0.2) is 0 Å². The predicted octanol–water partition coefficient (Wildman–Crippen LogP) is 2.50. The molecular weight excluding hydrogens is 240 g/mol. The fraction of sp³-hybridized carbons (Fsp3) is 0.182. The van der Waals surface area contributed by atoms with Gasteiger partial charge in [0.1, 0.15) is 0 Å². The summed E-state index contributed by atoms with van der Waals surface area (Å²) in [4.78, 5) is 4.54. The Bertz CT molecular complexity index is 454. The van der Waals surface area contributed by atoms with Crippen LogP contribution in [0.4, 0.5) is 0 Å². The average Bonchev–Trinajstić information content (AvgIpc) is 2.20. The van der Waals surface area contributed by atoms with E-state index in [1.807, 2.05) is 18.2 Å². The van der Waals surface area contributed by atoms with E-state index in [1.54, 1.807) is 0 Å². The van der Waals surface area contributed by atoms with Crippen molar-refractivity contribution in [3.63, 3.8) is 0 Å². The Morgan fingerprint density at radius 1 is 1.21 bits per heavy atom. The number of pyridine rings is 1. The summed E-state index contributed by atoms with van der Waals surface area (Å²) in [5, 5.41) is 1.15. The van der Waals surface area contributed by atoms with Gasteiger partial charge < -0.3 is 5.73 Å². The van der Waals surface area contributed by atoms with Crippen molar-refractivity contribution in [1.82, 2.24) is 4.98 Å². The molecule has 0 fully saturated rings. The molecule has 0 bridgehead atoms. The van der Waals surface area contributed by atoms with Crippen LogP contribution in [0.2, 0.25) is 0 Å². The van der Waals surface area contributed by atoms with Crippen LogP contribution in [0.15, 0.2) is 34.8 Å². The minimum Gasteiger partial charge on any atom is -0.330 e. The van der Waals surface area contributed by atoms with Crippen LogP contribution in [0.5, 0.6) is 0 Å². The largest absolute Gasteiger partial charge is 0.330 e. The number of fused-ring (bicyclic) bond motifs is 1. The molecule has 1 aromatic carbocycles. The van der Waals surface area contributed by atoms with Gasteiger partial charge in [0.05, 0.1) is 5.52 Å². The second-order valence-corrected chi connectivity index (χ2v) is 4.01. The Balaban J connectivity index is 2.58. The lowest BCUT2D eigenvalue weighted by Gasteiger charge is -2.02. The fourth-order valence-electron chi connectivity index (χ4n) is 1.44. The van der Waals surface area contributed by atoms with Crippen LogP contribution in [0.3, 0.4) is 0 Å². The molecule has 14 heavy (non-hydrogen) atoms. The predicted molar refractivity (Wildman–Crippen MR) is 62.2 cm³/mol. The molecule has 0 saturated carbocycles. The quantitative estimate of drug-likeness (QED) is 0.890. The van der Waals surface area contributed by atoms with Crippen LogP contribution in [0.25, 0.3) is 10.9 Å². The molecule has 2 nitrogen and oxygen atoms in total. The molecule has 0 aliphatic rings. The third-order valence-corrected chi connectivity index (χ3v) is 2.77. The Kier molecular flexibility index (Phi) is 2.79. The fourth-order valence-corrected chi connectivity index (χ4v) is 1.91. The zero-order valence-corrected chi connectivity index (χ0v) is 9.29. The number of hydrogen-bond acceptors (Lipinski definition) is 2. The zero-order valence-electron chi connectivity index (χ0n) is 7.70. The monoisotopic (exact) mass is 250 g/mol. The van der Waals surface area contributed by atoms with Gasteiger partial charge in [-0.25, -0.2) is 0 Å². The van der Waals surface area contributed by atoms with Gasteiger partial charge in [-0.2, -0.15) is 0 Å². The SMILES string of the molecule is NCCc1ccc2cccc(Br)c2n1. The molecule has 0 unspecified atom stereocenters. The molecule has 0 amide bonds. The molecular formula is C11H11BrN2. The number of benzene rings is 1. The van der Waals surface area contributed by atoms with Crippen molar-refractivity contribution in [3.05, 3.63) is 40.5 Å². The molecule has 0 aliphatic carbocycles. The number of para-hydroxylation sites is 1. The van der Waals surface area contributed by atoms with E-state index >= 15 is 0 Å². The molecule has 0 radical (unpaired) electrons. The maximum atomic E-state index is 5.49. The average molecular weight is 251 g/mol. The summed E-state index contributed by atoms with van der Waals surface area (Å²) in [5.74, 6) is 0. The summed E-state index contributed by atoms with van der Waals surface area (Å²) in [6.45, 7) is 0.642. The van der Waals surface area contributed by atoms with Crippen molar-refractivity contribution in [2.45, 2.75) is 6.42 Å². The van der Waals surface area contributed by atoms with Crippen LogP contribution in [-0.4, -0.2) is 11.5 Å². The smallest absolute Gasteiger partial charge is 0.0847 e. The van der Waals surface area contributed by atoms with Gasteiger partial charge in [0.25, 0.3) is 0 Å². The molecule has 0 saturated heterocycles. The van der Waals surface area contributed by atoms with Crippen molar-refractivity contribution in [2.75, 3.05) is 6.54 Å². The maximum Gasteiger partial charge on any atom is 0.0847 e. The normalized spacial score (nSPS) is 10.7. The van der Waals surface area contributed by atoms with Gasteiger partial charge in [-0.3, -0.25) is 4.98 Å². The lowest BCUT2D eigenvalue weighted by molar-refractivity contribution is 0.932. The van der Waals surface area contributed by atoms with Crippen molar-refractivity contribution in [3.8, 4) is 0 Å². The van der Waals surface area contributed by atoms with E-state index < -0.39 is 0 Å². The summed E-state index contributed by atoms with van der Waals surface area (Å²) in [7, 11) is 0. The number of nitrogens with two attached hydrogens (primary N) is 1. The molecule has 72 valence electrons. The van der Waals surface area contributed by atoms with E-state index in [2.05, 4.69) is 33.0 Å². The maximum absolute atomic E-state index is 5.49. The highest BCUT2D eigenvalue weighted by Gasteiger charge is 2.00. The van der Waals surface area contributed by atoms with Crippen LogP contribution < -0.4 is 5.73 Å². The molecule has 3 heteroatoms. The van der Waals surface area contributed by atoms with E-state index in [4.69, 9.17) is 5.73 Å². The van der Waals surface area contributed by atoms with Gasteiger partial charge in [-0.05, 0) is 34.6 Å². The minimum atomic E-state index is 0.642. The zero-order chi connectivity index (χ0) is 9.97. The van der Waals surface area contributed by atoms with Crippen molar-refractivity contribution >= 4 is 26.8 Å². The summed E-state index contributed by atoms with van der Waals surface area (Å²) >= 11 is 3.49.